The Kier molecular flexibility index (Phi) is 6.21. The van der Waals surface area contributed by atoms with Gasteiger partial charge in [0.15, 0.2) is 0 Å². The summed E-state index contributed by atoms with van der Waals surface area (Å²) in [6, 6.07) is 7.69. The molecule has 1 aromatic rings. The van der Waals surface area contributed by atoms with Crippen molar-refractivity contribution >= 4 is 5.91 Å². The summed E-state index contributed by atoms with van der Waals surface area (Å²) in [7, 11) is 3.37. The smallest absolute Gasteiger partial charge is 0.251 e. The van der Waals surface area contributed by atoms with Crippen LogP contribution in [0.25, 0.3) is 0 Å². The highest BCUT2D eigenvalue weighted by Crippen LogP contribution is 2.21. The first-order valence-corrected chi connectivity index (χ1v) is 7.66. The summed E-state index contributed by atoms with van der Waals surface area (Å²) in [5.41, 5.74) is 1.61. The molecule has 1 aromatic carbocycles. The van der Waals surface area contributed by atoms with E-state index in [9.17, 15) is 4.79 Å². The van der Waals surface area contributed by atoms with E-state index < -0.39 is 0 Å². The summed E-state index contributed by atoms with van der Waals surface area (Å²) in [5.74, 6) is -0.0309. The minimum atomic E-state index is -0.0309. The number of ether oxygens (including phenoxy) is 2. The number of nitrogens with one attached hydrogen (secondary N) is 1. The van der Waals surface area contributed by atoms with Gasteiger partial charge in [-0.3, -0.25) is 4.79 Å². The maximum atomic E-state index is 12.6. The molecule has 21 heavy (non-hydrogen) atoms. The third-order valence-corrected chi connectivity index (χ3v) is 4.13. The van der Waals surface area contributed by atoms with Gasteiger partial charge < -0.3 is 14.8 Å². The van der Waals surface area contributed by atoms with Gasteiger partial charge in [-0.1, -0.05) is 37.5 Å². The molecule has 0 aromatic heterocycles. The SMILES string of the molecule is COCc1ccccc1C(=O)N[C@@H]1CCCCC[C@H]1OC. The van der Waals surface area contributed by atoms with Crippen molar-refractivity contribution in [1.29, 1.82) is 0 Å². The standard InChI is InChI=1S/C17H25NO3/c1-20-12-13-8-6-7-9-14(13)17(19)18-15-10-4-3-5-11-16(15)21-2/h6-9,15-16H,3-5,10-12H2,1-2H3,(H,18,19)/t15-,16-/m1/s1. The third kappa shape index (κ3) is 4.29. The molecule has 2 atom stereocenters. The Morgan fingerprint density at radius 1 is 1.19 bits per heavy atom. The largest absolute Gasteiger partial charge is 0.380 e. The zero-order chi connectivity index (χ0) is 15.1. The van der Waals surface area contributed by atoms with Gasteiger partial charge in [-0.05, 0) is 24.5 Å². The van der Waals surface area contributed by atoms with Crippen LogP contribution in [-0.4, -0.2) is 32.3 Å². The van der Waals surface area contributed by atoms with E-state index in [0.29, 0.717) is 12.2 Å². The Balaban J connectivity index is 2.09. The molecule has 1 aliphatic rings. The number of rotatable bonds is 5. The molecule has 1 N–H and O–H groups in total. The molecule has 4 heteroatoms. The van der Waals surface area contributed by atoms with E-state index >= 15 is 0 Å². The van der Waals surface area contributed by atoms with Gasteiger partial charge in [0.1, 0.15) is 0 Å². The summed E-state index contributed by atoms with van der Waals surface area (Å²) in [4.78, 5) is 12.6. The van der Waals surface area contributed by atoms with Gasteiger partial charge in [-0.15, -0.1) is 0 Å². The normalized spacial score (nSPS) is 22.6. The molecule has 1 aliphatic carbocycles. The Labute approximate surface area is 126 Å². The van der Waals surface area contributed by atoms with Crippen molar-refractivity contribution in [2.45, 2.75) is 50.9 Å². The minimum Gasteiger partial charge on any atom is -0.380 e. The maximum absolute atomic E-state index is 12.6. The lowest BCUT2D eigenvalue weighted by molar-refractivity contribution is 0.0567. The van der Waals surface area contributed by atoms with Crippen molar-refractivity contribution in [2.75, 3.05) is 14.2 Å². The number of carbonyl (C=O) groups is 1. The van der Waals surface area contributed by atoms with Gasteiger partial charge in [-0.25, -0.2) is 0 Å². The number of hydrogen-bond donors (Lipinski definition) is 1. The van der Waals surface area contributed by atoms with Crippen LogP contribution in [0.5, 0.6) is 0 Å². The van der Waals surface area contributed by atoms with Crippen molar-refractivity contribution < 1.29 is 14.3 Å². The summed E-state index contributed by atoms with van der Waals surface area (Å²) in [6.45, 7) is 0.446. The average Bonchev–Trinajstić information content (AvgIpc) is 2.73. The fourth-order valence-electron chi connectivity index (χ4n) is 2.99. The molecule has 0 radical (unpaired) electrons. The first-order chi connectivity index (χ1) is 10.3. The Bertz CT molecular complexity index is 461. The molecule has 0 heterocycles. The van der Waals surface area contributed by atoms with Crippen LogP contribution < -0.4 is 5.32 Å². The zero-order valence-corrected chi connectivity index (χ0v) is 12.9. The molecule has 0 bridgehead atoms. The molecule has 0 unspecified atom stereocenters. The van der Waals surface area contributed by atoms with E-state index in [2.05, 4.69) is 5.32 Å². The second-order valence-corrected chi connectivity index (χ2v) is 5.58. The van der Waals surface area contributed by atoms with Crippen molar-refractivity contribution in [1.82, 2.24) is 5.32 Å². The third-order valence-electron chi connectivity index (χ3n) is 4.13. The molecule has 0 saturated heterocycles. The lowest BCUT2D eigenvalue weighted by atomic mass is 10.0. The van der Waals surface area contributed by atoms with Crippen LogP contribution in [0, 0.1) is 0 Å². The maximum Gasteiger partial charge on any atom is 0.251 e. The highest BCUT2D eigenvalue weighted by Gasteiger charge is 2.25. The molecular weight excluding hydrogens is 266 g/mol. The first kappa shape index (κ1) is 16.0. The van der Waals surface area contributed by atoms with Crippen LogP contribution in [0.1, 0.15) is 48.0 Å². The van der Waals surface area contributed by atoms with Crippen LogP contribution in [0.4, 0.5) is 0 Å². The average molecular weight is 291 g/mol. The topological polar surface area (TPSA) is 47.6 Å². The van der Waals surface area contributed by atoms with E-state index in [1.54, 1.807) is 14.2 Å². The van der Waals surface area contributed by atoms with Gasteiger partial charge in [0.2, 0.25) is 0 Å². The monoisotopic (exact) mass is 291 g/mol. The molecule has 4 nitrogen and oxygen atoms in total. The molecule has 0 aliphatic heterocycles. The Morgan fingerprint density at radius 3 is 2.71 bits per heavy atom. The molecular formula is C17H25NO3. The van der Waals surface area contributed by atoms with Crippen LogP contribution in [0.2, 0.25) is 0 Å². The fraction of sp³-hybridized carbons (Fsp3) is 0.588. The van der Waals surface area contributed by atoms with Gasteiger partial charge in [0.25, 0.3) is 5.91 Å². The highest BCUT2D eigenvalue weighted by molar-refractivity contribution is 5.95. The zero-order valence-electron chi connectivity index (χ0n) is 12.9. The van der Waals surface area contributed by atoms with Crippen LogP contribution in [0.15, 0.2) is 24.3 Å². The minimum absolute atomic E-state index is 0.0309. The van der Waals surface area contributed by atoms with Crippen LogP contribution in [-0.2, 0) is 16.1 Å². The molecule has 116 valence electrons. The van der Waals surface area contributed by atoms with Crippen LogP contribution >= 0.6 is 0 Å². The van der Waals surface area contributed by atoms with E-state index in [-0.39, 0.29) is 18.1 Å². The van der Waals surface area contributed by atoms with Gasteiger partial charge in [0.05, 0.1) is 18.8 Å². The summed E-state index contributed by atoms with van der Waals surface area (Å²) in [6.07, 6.45) is 5.64. The van der Waals surface area contributed by atoms with Crippen molar-refractivity contribution in [3.8, 4) is 0 Å². The molecule has 1 amide bonds. The van der Waals surface area contributed by atoms with Gasteiger partial charge in [-0.2, -0.15) is 0 Å². The lowest BCUT2D eigenvalue weighted by Gasteiger charge is -2.25. The van der Waals surface area contributed by atoms with E-state index in [0.717, 1.165) is 24.8 Å². The summed E-state index contributed by atoms with van der Waals surface area (Å²) < 4.78 is 10.7. The second-order valence-electron chi connectivity index (χ2n) is 5.58. The lowest BCUT2D eigenvalue weighted by Crippen LogP contribution is -2.43. The number of benzene rings is 1. The molecule has 0 spiro atoms. The molecule has 1 saturated carbocycles. The predicted octanol–water partition coefficient (Wildman–Crippen LogP) is 2.91. The quantitative estimate of drug-likeness (QED) is 0.849. The molecule has 2 rings (SSSR count). The van der Waals surface area contributed by atoms with E-state index in [4.69, 9.17) is 9.47 Å². The summed E-state index contributed by atoms with van der Waals surface area (Å²) in [5, 5.41) is 3.16. The van der Waals surface area contributed by atoms with Crippen molar-refractivity contribution in [3.05, 3.63) is 35.4 Å². The number of hydrogen-bond acceptors (Lipinski definition) is 3. The first-order valence-electron chi connectivity index (χ1n) is 7.66. The predicted molar refractivity (Wildman–Crippen MR) is 82.3 cm³/mol. The Morgan fingerprint density at radius 2 is 1.95 bits per heavy atom. The Hall–Kier alpha value is -1.39. The fourth-order valence-corrected chi connectivity index (χ4v) is 2.99. The van der Waals surface area contributed by atoms with Crippen molar-refractivity contribution in [3.63, 3.8) is 0 Å². The second kappa shape index (κ2) is 8.15. The number of methoxy groups -OCH3 is 2. The number of amides is 1. The highest BCUT2D eigenvalue weighted by atomic mass is 16.5. The van der Waals surface area contributed by atoms with Crippen molar-refractivity contribution in [2.24, 2.45) is 0 Å². The summed E-state index contributed by atoms with van der Waals surface area (Å²) >= 11 is 0. The molecule has 1 fully saturated rings. The van der Waals surface area contributed by atoms with Gasteiger partial charge in [0, 0.05) is 19.8 Å². The van der Waals surface area contributed by atoms with E-state index in [1.807, 2.05) is 24.3 Å². The van der Waals surface area contributed by atoms with Crippen LogP contribution in [0.3, 0.4) is 0 Å². The van der Waals surface area contributed by atoms with Gasteiger partial charge >= 0.3 is 0 Å². The van der Waals surface area contributed by atoms with E-state index in [1.165, 1.54) is 12.8 Å². The number of carbonyl (C=O) groups excluding carboxylic acids is 1.